The average molecular weight is 231 g/mol. The van der Waals surface area contributed by atoms with Crippen molar-refractivity contribution in [2.45, 2.75) is 0 Å². The lowest BCUT2D eigenvalue weighted by Crippen LogP contribution is -2.24. The van der Waals surface area contributed by atoms with E-state index in [0.29, 0.717) is 11.4 Å². The monoisotopic (exact) mass is 231 g/mol. The van der Waals surface area contributed by atoms with E-state index in [-0.39, 0.29) is 6.61 Å². The van der Waals surface area contributed by atoms with Crippen molar-refractivity contribution in [3.05, 3.63) is 45.2 Å². The zero-order chi connectivity index (χ0) is 12.3. The summed E-state index contributed by atoms with van der Waals surface area (Å²) in [5.74, 6) is 2.91. The van der Waals surface area contributed by atoms with Gasteiger partial charge in [0.2, 0.25) is 0 Å². The van der Waals surface area contributed by atoms with E-state index in [1.54, 1.807) is 24.3 Å². The first-order valence-corrected chi connectivity index (χ1v) is 4.79. The van der Waals surface area contributed by atoms with Crippen molar-refractivity contribution in [3.8, 4) is 23.8 Å². The summed E-state index contributed by atoms with van der Waals surface area (Å²) in [7, 11) is 0. The molecule has 0 aliphatic carbocycles. The van der Waals surface area contributed by atoms with Crippen molar-refractivity contribution in [2.75, 3.05) is 6.61 Å². The predicted molar refractivity (Wildman–Crippen MR) is 61.3 cm³/mol. The third kappa shape index (κ3) is 2.13. The van der Waals surface area contributed by atoms with Crippen LogP contribution in [0.5, 0.6) is 5.75 Å². The number of nitrogens with zero attached hydrogens (tertiary/aromatic N) is 1. The second-order valence-electron chi connectivity index (χ2n) is 3.18. The van der Waals surface area contributed by atoms with Crippen molar-refractivity contribution in [3.63, 3.8) is 0 Å². The standard InChI is InChI=1S/C11H9N3O3/c1-2-7-17-9-5-3-8(4-6-9)14-10(15)12-13-11(14)16/h1,3-6H,7H2,(H,12,15)(H,13,16). The lowest BCUT2D eigenvalue weighted by Gasteiger charge is -2.03. The fraction of sp³-hybridized carbons (Fsp3) is 0.0909. The van der Waals surface area contributed by atoms with Gasteiger partial charge in [0.25, 0.3) is 0 Å². The number of aromatic nitrogens is 3. The number of terminal acetylenes is 1. The van der Waals surface area contributed by atoms with Gasteiger partial charge in [-0.2, -0.15) is 0 Å². The molecule has 0 aliphatic rings. The molecule has 2 aromatic rings. The molecule has 1 aromatic carbocycles. The van der Waals surface area contributed by atoms with Crippen molar-refractivity contribution in [1.29, 1.82) is 0 Å². The molecular weight excluding hydrogens is 222 g/mol. The molecule has 0 bridgehead atoms. The van der Waals surface area contributed by atoms with Gasteiger partial charge in [0.05, 0.1) is 5.69 Å². The first-order valence-electron chi connectivity index (χ1n) is 4.79. The summed E-state index contributed by atoms with van der Waals surface area (Å²) in [6.07, 6.45) is 5.05. The van der Waals surface area contributed by atoms with Gasteiger partial charge in [-0.3, -0.25) is 0 Å². The molecule has 17 heavy (non-hydrogen) atoms. The van der Waals surface area contributed by atoms with E-state index in [2.05, 4.69) is 16.1 Å². The van der Waals surface area contributed by atoms with Crippen LogP contribution in [0.15, 0.2) is 33.9 Å². The normalized spacial score (nSPS) is 9.82. The van der Waals surface area contributed by atoms with Crippen LogP contribution >= 0.6 is 0 Å². The molecule has 0 aliphatic heterocycles. The van der Waals surface area contributed by atoms with Crippen LogP contribution in [0.25, 0.3) is 5.69 Å². The van der Waals surface area contributed by atoms with Gasteiger partial charge in [-0.05, 0) is 24.3 Å². The van der Waals surface area contributed by atoms with E-state index in [9.17, 15) is 9.59 Å². The van der Waals surface area contributed by atoms with Crippen LogP contribution in [0.1, 0.15) is 0 Å². The van der Waals surface area contributed by atoms with Crippen LogP contribution in [0.3, 0.4) is 0 Å². The maximum Gasteiger partial charge on any atom is 0.348 e. The minimum atomic E-state index is -0.521. The molecule has 6 heteroatoms. The van der Waals surface area contributed by atoms with Crippen LogP contribution in [0, 0.1) is 12.3 Å². The van der Waals surface area contributed by atoms with E-state index >= 15 is 0 Å². The van der Waals surface area contributed by atoms with Gasteiger partial charge >= 0.3 is 11.4 Å². The number of nitrogens with one attached hydrogen (secondary N) is 2. The summed E-state index contributed by atoms with van der Waals surface area (Å²) in [4.78, 5) is 22.6. The van der Waals surface area contributed by atoms with Gasteiger partial charge in [0.1, 0.15) is 12.4 Å². The van der Waals surface area contributed by atoms with Crippen LogP contribution < -0.4 is 16.1 Å². The van der Waals surface area contributed by atoms with E-state index < -0.39 is 11.4 Å². The van der Waals surface area contributed by atoms with Crippen molar-refractivity contribution in [1.82, 2.24) is 14.8 Å². The average Bonchev–Trinajstić information content (AvgIpc) is 2.67. The molecule has 0 radical (unpaired) electrons. The number of H-pyrrole nitrogens is 2. The highest BCUT2D eigenvalue weighted by Crippen LogP contribution is 2.12. The molecule has 86 valence electrons. The van der Waals surface area contributed by atoms with Gasteiger partial charge in [0.15, 0.2) is 0 Å². The molecule has 0 saturated carbocycles. The third-order valence-corrected chi connectivity index (χ3v) is 2.10. The number of benzene rings is 1. The van der Waals surface area contributed by atoms with Crippen molar-refractivity contribution < 1.29 is 4.74 Å². The zero-order valence-corrected chi connectivity index (χ0v) is 8.77. The lowest BCUT2D eigenvalue weighted by atomic mass is 10.3. The Balaban J connectivity index is 2.34. The van der Waals surface area contributed by atoms with E-state index in [4.69, 9.17) is 11.2 Å². The fourth-order valence-corrected chi connectivity index (χ4v) is 1.36. The maximum atomic E-state index is 11.3. The Labute approximate surface area is 95.8 Å². The molecule has 0 amide bonds. The smallest absolute Gasteiger partial charge is 0.348 e. The van der Waals surface area contributed by atoms with Crippen molar-refractivity contribution in [2.24, 2.45) is 0 Å². The molecule has 0 saturated heterocycles. The third-order valence-electron chi connectivity index (χ3n) is 2.10. The Bertz CT molecular complexity index is 627. The van der Waals surface area contributed by atoms with Gasteiger partial charge < -0.3 is 4.74 Å². The zero-order valence-electron chi connectivity index (χ0n) is 8.77. The van der Waals surface area contributed by atoms with Crippen LogP contribution in [-0.4, -0.2) is 21.4 Å². The van der Waals surface area contributed by atoms with Crippen LogP contribution in [0.4, 0.5) is 0 Å². The molecule has 1 heterocycles. The molecule has 0 spiro atoms. The SMILES string of the molecule is C#CCOc1ccc(-n2c(=O)[nH][nH]c2=O)cc1. The minimum Gasteiger partial charge on any atom is -0.481 e. The largest absolute Gasteiger partial charge is 0.481 e. The Morgan fingerprint density at radius 1 is 1.18 bits per heavy atom. The molecule has 1 aromatic heterocycles. The Morgan fingerprint density at radius 3 is 2.29 bits per heavy atom. The van der Waals surface area contributed by atoms with Gasteiger partial charge in [-0.15, -0.1) is 6.42 Å². The number of aromatic amines is 2. The highest BCUT2D eigenvalue weighted by atomic mass is 16.5. The molecule has 0 fully saturated rings. The van der Waals surface area contributed by atoms with E-state index in [0.717, 1.165) is 4.57 Å². The first-order chi connectivity index (χ1) is 8.22. The topological polar surface area (TPSA) is 79.9 Å². The summed E-state index contributed by atoms with van der Waals surface area (Å²) in [6.45, 7) is 0.171. The number of hydrogen-bond acceptors (Lipinski definition) is 3. The van der Waals surface area contributed by atoms with E-state index in [1.807, 2.05) is 0 Å². The Hall–Kier alpha value is -2.68. The summed E-state index contributed by atoms with van der Waals surface area (Å²) in [6, 6.07) is 6.45. The number of rotatable bonds is 3. The summed E-state index contributed by atoms with van der Waals surface area (Å²) < 4.78 is 6.15. The number of ether oxygens (including phenoxy) is 1. The Kier molecular flexibility index (Phi) is 2.83. The van der Waals surface area contributed by atoms with Crippen LogP contribution in [-0.2, 0) is 0 Å². The molecule has 0 atom stereocenters. The maximum absolute atomic E-state index is 11.3. The molecule has 2 N–H and O–H groups in total. The number of hydrogen-bond donors (Lipinski definition) is 2. The van der Waals surface area contributed by atoms with Crippen molar-refractivity contribution >= 4 is 0 Å². The van der Waals surface area contributed by atoms with Gasteiger partial charge in [0, 0.05) is 0 Å². The fourth-order valence-electron chi connectivity index (χ4n) is 1.36. The van der Waals surface area contributed by atoms with Gasteiger partial charge in [-0.1, -0.05) is 5.92 Å². The summed E-state index contributed by atoms with van der Waals surface area (Å²) >= 11 is 0. The Morgan fingerprint density at radius 2 is 1.76 bits per heavy atom. The molecule has 2 rings (SSSR count). The second-order valence-corrected chi connectivity index (χ2v) is 3.18. The van der Waals surface area contributed by atoms with E-state index in [1.165, 1.54) is 0 Å². The quantitative estimate of drug-likeness (QED) is 0.722. The second kappa shape index (κ2) is 4.45. The molecular formula is C11H9N3O3. The lowest BCUT2D eigenvalue weighted by molar-refractivity contribution is 0.370. The molecule has 6 nitrogen and oxygen atoms in total. The predicted octanol–water partition coefficient (Wildman–Crippen LogP) is -0.134. The summed E-state index contributed by atoms with van der Waals surface area (Å²) in [5.41, 5.74) is -0.592. The highest BCUT2D eigenvalue weighted by Gasteiger charge is 2.05. The van der Waals surface area contributed by atoms with Gasteiger partial charge in [-0.25, -0.2) is 24.4 Å². The molecule has 0 unspecified atom stereocenters. The first kappa shape index (κ1) is 10.8. The van der Waals surface area contributed by atoms with Crippen LogP contribution in [0.2, 0.25) is 0 Å². The highest BCUT2D eigenvalue weighted by molar-refractivity contribution is 5.37. The summed E-state index contributed by atoms with van der Waals surface area (Å²) in [5, 5.41) is 4.39. The minimum absolute atomic E-state index is 0.171.